The number of pyridine rings is 1. The van der Waals surface area contributed by atoms with E-state index >= 15 is 0 Å². The Morgan fingerprint density at radius 1 is 0.400 bits per heavy atom. The molecule has 0 unspecified atom stereocenters. The molecule has 0 radical (unpaired) electrons. The van der Waals surface area contributed by atoms with Crippen LogP contribution in [-0.2, 0) is 0 Å². The molecule has 0 atom stereocenters. The number of para-hydroxylation sites is 1. The normalized spacial score (nSPS) is 11.7. The van der Waals surface area contributed by atoms with Gasteiger partial charge in [0.05, 0.1) is 34.3 Å². The standard InChI is InChI=1S/C41H25N3O/c1-3-10-26(11-4-1)35-23-29(24-36(43-35)27-12-5-2-6-13-27)28-18-20-34-37(22-28)44-38(25-42-34)30-19-21-40-41-32(30)15-9-16-33(41)31-14-7-8-17-39(31)45-40/h1-25H. The number of hydrogen-bond donors (Lipinski definition) is 0. The lowest BCUT2D eigenvalue weighted by atomic mass is 9.92. The minimum absolute atomic E-state index is 0.826. The number of benzene rings is 6. The average Bonchev–Trinajstić information content (AvgIpc) is 3.12. The zero-order chi connectivity index (χ0) is 29.7. The van der Waals surface area contributed by atoms with Crippen molar-refractivity contribution in [3.8, 4) is 67.5 Å². The van der Waals surface area contributed by atoms with Crippen molar-refractivity contribution in [2.24, 2.45) is 0 Å². The molecule has 9 rings (SSSR count). The molecule has 0 fully saturated rings. The predicted molar refractivity (Wildman–Crippen MR) is 182 cm³/mol. The summed E-state index contributed by atoms with van der Waals surface area (Å²) < 4.78 is 6.32. The zero-order valence-corrected chi connectivity index (χ0v) is 24.2. The molecule has 210 valence electrons. The maximum absolute atomic E-state index is 6.32. The second kappa shape index (κ2) is 10.2. The molecule has 1 aliphatic rings. The molecule has 2 aromatic heterocycles. The van der Waals surface area contributed by atoms with E-state index in [-0.39, 0.29) is 0 Å². The summed E-state index contributed by atoms with van der Waals surface area (Å²) in [5, 5.41) is 2.20. The summed E-state index contributed by atoms with van der Waals surface area (Å²) in [4.78, 5) is 15.1. The lowest BCUT2D eigenvalue weighted by Gasteiger charge is -2.22. The van der Waals surface area contributed by atoms with Gasteiger partial charge in [-0.25, -0.2) is 9.97 Å². The van der Waals surface area contributed by atoms with Gasteiger partial charge in [-0.15, -0.1) is 0 Å². The van der Waals surface area contributed by atoms with Gasteiger partial charge < -0.3 is 4.74 Å². The van der Waals surface area contributed by atoms with Crippen LogP contribution in [0.1, 0.15) is 0 Å². The fraction of sp³-hybridized carbons (Fsp3) is 0. The van der Waals surface area contributed by atoms with Gasteiger partial charge in [0.15, 0.2) is 0 Å². The lowest BCUT2D eigenvalue weighted by Crippen LogP contribution is -1.98. The highest BCUT2D eigenvalue weighted by molar-refractivity contribution is 6.09. The molecule has 3 heterocycles. The smallest absolute Gasteiger partial charge is 0.135 e. The number of ether oxygens (including phenoxy) is 1. The molecule has 0 spiro atoms. The Balaban J connectivity index is 1.18. The Morgan fingerprint density at radius 2 is 1.11 bits per heavy atom. The maximum Gasteiger partial charge on any atom is 0.135 e. The summed E-state index contributed by atoms with van der Waals surface area (Å²) in [6.45, 7) is 0. The predicted octanol–water partition coefficient (Wildman–Crippen LogP) is 10.6. The van der Waals surface area contributed by atoms with E-state index in [4.69, 9.17) is 19.7 Å². The topological polar surface area (TPSA) is 47.9 Å². The van der Waals surface area contributed by atoms with E-state index < -0.39 is 0 Å². The van der Waals surface area contributed by atoms with Crippen molar-refractivity contribution in [1.82, 2.24) is 15.0 Å². The van der Waals surface area contributed by atoms with Gasteiger partial charge in [-0.05, 0) is 64.5 Å². The summed E-state index contributed by atoms with van der Waals surface area (Å²) >= 11 is 0. The van der Waals surface area contributed by atoms with Crippen LogP contribution >= 0.6 is 0 Å². The van der Waals surface area contributed by atoms with Gasteiger partial charge in [-0.1, -0.05) is 103 Å². The van der Waals surface area contributed by atoms with E-state index in [0.717, 1.165) is 83.8 Å². The van der Waals surface area contributed by atoms with Crippen LogP contribution in [0.2, 0.25) is 0 Å². The molecular weight excluding hydrogens is 550 g/mol. The number of hydrogen-bond acceptors (Lipinski definition) is 4. The molecule has 4 heteroatoms. The first-order valence-electron chi connectivity index (χ1n) is 15.0. The van der Waals surface area contributed by atoms with Crippen LogP contribution in [0.5, 0.6) is 11.5 Å². The number of aromatic nitrogens is 3. The highest BCUT2D eigenvalue weighted by Gasteiger charge is 2.21. The van der Waals surface area contributed by atoms with Gasteiger partial charge in [0, 0.05) is 27.6 Å². The molecule has 45 heavy (non-hydrogen) atoms. The van der Waals surface area contributed by atoms with Crippen LogP contribution in [0.4, 0.5) is 0 Å². The summed E-state index contributed by atoms with van der Waals surface area (Å²) in [6.07, 6.45) is 1.87. The SMILES string of the molecule is c1ccc(-c2cc(-c3ccc4ncc(-c5ccc6c7c(cccc57)-c5ccccc5O6)nc4c3)cc(-c3ccccc3)n2)cc1. The summed E-state index contributed by atoms with van der Waals surface area (Å²) in [5.74, 6) is 1.74. The zero-order valence-electron chi connectivity index (χ0n) is 24.2. The van der Waals surface area contributed by atoms with E-state index in [1.165, 1.54) is 5.56 Å². The lowest BCUT2D eigenvalue weighted by molar-refractivity contribution is 0.487. The van der Waals surface area contributed by atoms with Crippen molar-refractivity contribution < 1.29 is 4.74 Å². The van der Waals surface area contributed by atoms with Gasteiger partial charge in [-0.2, -0.15) is 0 Å². The Morgan fingerprint density at radius 3 is 1.89 bits per heavy atom. The van der Waals surface area contributed by atoms with E-state index in [9.17, 15) is 0 Å². The van der Waals surface area contributed by atoms with E-state index in [0.29, 0.717) is 0 Å². The quantitative estimate of drug-likeness (QED) is 0.209. The van der Waals surface area contributed by atoms with E-state index in [1.807, 2.05) is 60.8 Å². The first-order valence-corrected chi connectivity index (χ1v) is 15.0. The number of fused-ring (bicyclic) bond motifs is 3. The van der Waals surface area contributed by atoms with Gasteiger partial charge in [0.2, 0.25) is 0 Å². The molecule has 6 aromatic carbocycles. The summed E-state index contributed by atoms with van der Waals surface area (Å²) in [5.41, 5.74) is 12.0. The Bertz CT molecular complexity index is 2340. The fourth-order valence-electron chi connectivity index (χ4n) is 6.34. The molecule has 8 aromatic rings. The highest BCUT2D eigenvalue weighted by atomic mass is 16.5. The van der Waals surface area contributed by atoms with Crippen LogP contribution < -0.4 is 4.74 Å². The molecule has 0 saturated carbocycles. The van der Waals surface area contributed by atoms with E-state index in [2.05, 4.69) is 91.0 Å². The molecule has 0 bridgehead atoms. The van der Waals surface area contributed by atoms with E-state index in [1.54, 1.807) is 0 Å². The van der Waals surface area contributed by atoms with Crippen LogP contribution in [0.3, 0.4) is 0 Å². The molecular formula is C41H25N3O. The van der Waals surface area contributed by atoms with Gasteiger partial charge in [0.1, 0.15) is 11.5 Å². The van der Waals surface area contributed by atoms with Gasteiger partial charge in [0.25, 0.3) is 0 Å². The van der Waals surface area contributed by atoms with Crippen molar-refractivity contribution in [1.29, 1.82) is 0 Å². The van der Waals surface area contributed by atoms with Crippen LogP contribution in [0, 0.1) is 0 Å². The largest absolute Gasteiger partial charge is 0.456 e. The van der Waals surface area contributed by atoms with Crippen LogP contribution in [0.15, 0.2) is 152 Å². The fourth-order valence-corrected chi connectivity index (χ4v) is 6.34. The Labute approximate surface area is 260 Å². The van der Waals surface area contributed by atoms with Gasteiger partial charge in [-0.3, -0.25) is 4.98 Å². The minimum atomic E-state index is 0.826. The van der Waals surface area contributed by atoms with Crippen molar-refractivity contribution in [2.75, 3.05) is 0 Å². The first kappa shape index (κ1) is 25.4. The number of rotatable bonds is 4. The second-order valence-corrected chi connectivity index (χ2v) is 11.3. The molecule has 0 saturated heterocycles. The average molecular weight is 576 g/mol. The Hall–Kier alpha value is -6.13. The minimum Gasteiger partial charge on any atom is -0.456 e. The first-order chi connectivity index (χ1) is 22.3. The van der Waals surface area contributed by atoms with Crippen LogP contribution in [-0.4, -0.2) is 15.0 Å². The maximum atomic E-state index is 6.32. The van der Waals surface area contributed by atoms with Crippen molar-refractivity contribution in [3.63, 3.8) is 0 Å². The third-order valence-corrected chi connectivity index (χ3v) is 8.52. The monoisotopic (exact) mass is 575 g/mol. The molecule has 0 aliphatic carbocycles. The summed E-state index contributed by atoms with van der Waals surface area (Å²) in [7, 11) is 0. The highest BCUT2D eigenvalue weighted by Crippen LogP contribution is 2.48. The Kier molecular flexibility index (Phi) is 5.78. The third kappa shape index (κ3) is 4.35. The molecule has 0 N–H and O–H groups in total. The summed E-state index contributed by atoms with van der Waals surface area (Å²) in [6, 6.07) is 50.0. The van der Waals surface area contributed by atoms with Crippen molar-refractivity contribution in [3.05, 3.63) is 152 Å². The van der Waals surface area contributed by atoms with Gasteiger partial charge >= 0.3 is 0 Å². The second-order valence-electron chi connectivity index (χ2n) is 11.3. The number of nitrogens with zero attached hydrogens (tertiary/aromatic N) is 3. The molecule has 4 nitrogen and oxygen atoms in total. The van der Waals surface area contributed by atoms with Crippen molar-refractivity contribution in [2.45, 2.75) is 0 Å². The van der Waals surface area contributed by atoms with Crippen molar-refractivity contribution >= 4 is 21.8 Å². The van der Waals surface area contributed by atoms with Crippen LogP contribution in [0.25, 0.3) is 77.8 Å². The third-order valence-electron chi connectivity index (χ3n) is 8.52. The molecule has 0 amide bonds. The molecule has 1 aliphatic heterocycles.